The van der Waals surface area contributed by atoms with Crippen LogP contribution < -0.4 is 10.6 Å². The molecule has 2 N–H and O–H groups in total. The van der Waals surface area contributed by atoms with Crippen LogP contribution in [0.5, 0.6) is 0 Å². The van der Waals surface area contributed by atoms with E-state index in [1.54, 1.807) is 0 Å². The Labute approximate surface area is 143 Å². The van der Waals surface area contributed by atoms with Crippen molar-refractivity contribution in [3.05, 3.63) is 71.8 Å². The molecular formula is C20H25N3O. The van der Waals surface area contributed by atoms with Crippen LogP contribution >= 0.6 is 0 Å². The normalized spacial score (nSPS) is 15.4. The van der Waals surface area contributed by atoms with Gasteiger partial charge in [-0.2, -0.15) is 0 Å². The Morgan fingerprint density at radius 3 is 2.04 bits per heavy atom. The highest BCUT2D eigenvalue weighted by Crippen LogP contribution is 2.27. The number of benzene rings is 2. The number of amides is 1. The van der Waals surface area contributed by atoms with Gasteiger partial charge in [0.15, 0.2) is 0 Å². The molecule has 2 aromatic rings. The first-order valence-electron chi connectivity index (χ1n) is 8.62. The number of piperazine rings is 1. The van der Waals surface area contributed by atoms with Crippen LogP contribution in [0, 0.1) is 0 Å². The largest absolute Gasteiger partial charge is 0.343 e. The number of hydrogen-bond acceptors (Lipinski definition) is 3. The van der Waals surface area contributed by atoms with Gasteiger partial charge in [0.05, 0.1) is 6.67 Å². The summed E-state index contributed by atoms with van der Waals surface area (Å²) in [5, 5.41) is 6.40. The molecule has 0 atom stereocenters. The van der Waals surface area contributed by atoms with Crippen LogP contribution in [0.2, 0.25) is 0 Å². The van der Waals surface area contributed by atoms with E-state index in [1.165, 1.54) is 11.1 Å². The van der Waals surface area contributed by atoms with Crippen molar-refractivity contribution < 1.29 is 4.79 Å². The van der Waals surface area contributed by atoms with E-state index in [1.807, 2.05) is 36.4 Å². The highest BCUT2D eigenvalue weighted by molar-refractivity contribution is 5.77. The SMILES string of the molecule is O=C(CC(c1ccccc1)c1ccccc1)NCN1CCNCC1. The number of rotatable bonds is 6. The molecule has 4 nitrogen and oxygen atoms in total. The summed E-state index contributed by atoms with van der Waals surface area (Å²) in [5.74, 6) is 0.196. The average Bonchev–Trinajstić information content (AvgIpc) is 2.67. The van der Waals surface area contributed by atoms with Gasteiger partial charge in [-0.15, -0.1) is 0 Å². The Hall–Kier alpha value is -2.17. The van der Waals surface area contributed by atoms with E-state index in [4.69, 9.17) is 0 Å². The summed E-state index contributed by atoms with van der Waals surface area (Å²) >= 11 is 0. The summed E-state index contributed by atoms with van der Waals surface area (Å²) in [6.07, 6.45) is 0.472. The first kappa shape index (κ1) is 16.7. The van der Waals surface area contributed by atoms with Gasteiger partial charge in [-0.1, -0.05) is 60.7 Å². The lowest BCUT2D eigenvalue weighted by molar-refractivity contribution is -0.122. The molecule has 3 rings (SSSR count). The van der Waals surface area contributed by atoms with E-state index in [0.717, 1.165) is 26.2 Å². The fourth-order valence-electron chi connectivity index (χ4n) is 3.13. The molecule has 126 valence electrons. The number of nitrogens with one attached hydrogen (secondary N) is 2. The summed E-state index contributed by atoms with van der Waals surface area (Å²) in [6.45, 7) is 4.60. The maximum atomic E-state index is 12.5. The molecule has 0 aliphatic carbocycles. The number of nitrogens with zero attached hydrogens (tertiary/aromatic N) is 1. The van der Waals surface area contributed by atoms with Crippen molar-refractivity contribution in [2.24, 2.45) is 0 Å². The van der Waals surface area contributed by atoms with E-state index in [0.29, 0.717) is 13.1 Å². The fraction of sp³-hybridized carbons (Fsp3) is 0.350. The Morgan fingerprint density at radius 1 is 0.958 bits per heavy atom. The van der Waals surface area contributed by atoms with E-state index >= 15 is 0 Å². The third kappa shape index (κ3) is 4.66. The number of carbonyl (C=O) groups excluding carboxylic acids is 1. The molecule has 1 heterocycles. The molecule has 4 heteroatoms. The molecule has 1 aliphatic rings. The van der Waals surface area contributed by atoms with Crippen LogP contribution in [-0.2, 0) is 4.79 Å². The van der Waals surface area contributed by atoms with Gasteiger partial charge < -0.3 is 10.6 Å². The second kappa shape index (κ2) is 8.62. The van der Waals surface area contributed by atoms with Gasteiger partial charge in [-0.25, -0.2) is 0 Å². The maximum absolute atomic E-state index is 12.5. The predicted molar refractivity (Wildman–Crippen MR) is 96.8 cm³/mol. The second-order valence-corrected chi connectivity index (χ2v) is 6.20. The number of carbonyl (C=O) groups is 1. The van der Waals surface area contributed by atoms with Gasteiger partial charge >= 0.3 is 0 Å². The summed E-state index contributed by atoms with van der Waals surface area (Å²) in [7, 11) is 0. The monoisotopic (exact) mass is 323 g/mol. The zero-order chi connectivity index (χ0) is 16.6. The Balaban J connectivity index is 1.64. The first-order valence-corrected chi connectivity index (χ1v) is 8.62. The van der Waals surface area contributed by atoms with E-state index in [2.05, 4.69) is 39.8 Å². The van der Waals surface area contributed by atoms with E-state index in [9.17, 15) is 4.79 Å². The Bertz CT molecular complexity index is 584. The second-order valence-electron chi connectivity index (χ2n) is 6.20. The molecule has 1 aliphatic heterocycles. The minimum atomic E-state index is 0.0930. The van der Waals surface area contributed by atoms with Crippen molar-refractivity contribution in [2.45, 2.75) is 12.3 Å². The Morgan fingerprint density at radius 2 is 1.50 bits per heavy atom. The van der Waals surface area contributed by atoms with Gasteiger partial charge in [0.25, 0.3) is 0 Å². The summed E-state index contributed by atoms with van der Waals surface area (Å²) in [6, 6.07) is 20.5. The molecule has 0 bridgehead atoms. The molecule has 1 fully saturated rings. The van der Waals surface area contributed by atoms with Gasteiger partial charge in [0.1, 0.15) is 0 Å². The van der Waals surface area contributed by atoms with Crippen molar-refractivity contribution >= 4 is 5.91 Å². The summed E-state index contributed by atoms with van der Waals surface area (Å²) < 4.78 is 0. The van der Waals surface area contributed by atoms with Gasteiger partial charge in [-0.3, -0.25) is 9.69 Å². The summed E-state index contributed by atoms with van der Waals surface area (Å²) in [5.41, 5.74) is 2.36. The lowest BCUT2D eigenvalue weighted by Crippen LogP contribution is -2.48. The van der Waals surface area contributed by atoms with Gasteiger partial charge in [0.2, 0.25) is 5.91 Å². The molecule has 0 spiro atoms. The quantitative estimate of drug-likeness (QED) is 0.856. The molecule has 2 aromatic carbocycles. The predicted octanol–water partition coefficient (Wildman–Crippen LogP) is 2.19. The first-order chi connectivity index (χ1) is 11.8. The van der Waals surface area contributed by atoms with E-state index < -0.39 is 0 Å². The van der Waals surface area contributed by atoms with Gasteiger partial charge in [-0.05, 0) is 11.1 Å². The minimum Gasteiger partial charge on any atom is -0.343 e. The van der Waals surface area contributed by atoms with Crippen LogP contribution in [0.4, 0.5) is 0 Å². The molecule has 0 aromatic heterocycles. The van der Waals surface area contributed by atoms with Crippen molar-refractivity contribution in [2.75, 3.05) is 32.8 Å². The molecule has 1 amide bonds. The molecule has 24 heavy (non-hydrogen) atoms. The smallest absolute Gasteiger partial charge is 0.221 e. The molecule has 0 unspecified atom stereocenters. The Kier molecular flexibility index (Phi) is 5.99. The zero-order valence-electron chi connectivity index (χ0n) is 13.9. The highest BCUT2D eigenvalue weighted by atomic mass is 16.1. The van der Waals surface area contributed by atoms with Crippen LogP contribution in [-0.4, -0.2) is 43.7 Å². The third-order valence-corrected chi connectivity index (χ3v) is 4.50. The van der Waals surface area contributed by atoms with Crippen molar-refractivity contribution in [1.82, 2.24) is 15.5 Å². The number of hydrogen-bond donors (Lipinski definition) is 2. The van der Waals surface area contributed by atoms with Crippen LogP contribution in [0.3, 0.4) is 0 Å². The molecule has 0 saturated carbocycles. The molecular weight excluding hydrogens is 298 g/mol. The van der Waals surface area contributed by atoms with Crippen LogP contribution in [0.25, 0.3) is 0 Å². The van der Waals surface area contributed by atoms with Gasteiger partial charge in [0, 0.05) is 38.5 Å². The van der Waals surface area contributed by atoms with Crippen molar-refractivity contribution in [3.8, 4) is 0 Å². The van der Waals surface area contributed by atoms with Crippen LogP contribution in [0.15, 0.2) is 60.7 Å². The lowest BCUT2D eigenvalue weighted by atomic mass is 9.88. The zero-order valence-corrected chi connectivity index (χ0v) is 13.9. The molecule has 1 saturated heterocycles. The van der Waals surface area contributed by atoms with Crippen LogP contribution in [0.1, 0.15) is 23.5 Å². The average molecular weight is 323 g/mol. The fourth-order valence-corrected chi connectivity index (χ4v) is 3.13. The van der Waals surface area contributed by atoms with E-state index in [-0.39, 0.29) is 11.8 Å². The maximum Gasteiger partial charge on any atom is 0.221 e. The molecule has 0 radical (unpaired) electrons. The lowest BCUT2D eigenvalue weighted by Gasteiger charge is -2.27. The minimum absolute atomic E-state index is 0.0930. The standard InChI is InChI=1S/C20H25N3O/c24-20(22-16-23-13-11-21-12-14-23)15-19(17-7-3-1-4-8-17)18-9-5-2-6-10-18/h1-10,19,21H,11-16H2,(H,22,24). The van der Waals surface area contributed by atoms with Crippen molar-refractivity contribution in [3.63, 3.8) is 0 Å². The third-order valence-electron chi connectivity index (χ3n) is 4.50. The topological polar surface area (TPSA) is 44.4 Å². The highest BCUT2D eigenvalue weighted by Gasteiger charge is 2.18. The van der Waals surface area contributed by atoms with Crippen molar-refractivity contribution in [1.29, 1.82) is 0 Å². The summed E-state index contributed by atoms with van der Waals surface area (Å²) in [4.78, 5) is 14.8.